The molecule has 3 nitrogen and oxygen atoms in total. The number of ether oxygens (including phenoxy) is 1. The SMILES string of the molecule is CCCC(C)OCc1occc1CNC(C)(C)C. The molecule has 1 N–H and O–H groups in total. The summed E-state index contributed by atoms with van der Waals surface area (Å²) in [4.78, 5) is 0. The van der Waals surface area contributed by atoms with Crippen LogP contribution in [0.25, 0.3) is 0 Å². The highest BCUT2D eigenvalue weighted by atomic mass is 16.5. The van der Waals surface area contributed by atoms with Crippen molar-refractivity contribution < 1.29 is 9.15 Å². The van der Waals surface area contributed by atoms with E-state index in [-0.39, 0.29) is 5.54 Å². The van der Waals surface area contributed by atoms with Gasteiger partial charge in [0.05, 0.1) is 12.4 Å². The maximum Gasteiger partial charge on any atom is 0.133 e. The van der Waals surface area contributed by atoms with Crippen LogP contribution < -0.4 is 5.32 Å². The highest BCUT2D eigenvalue weighted by Crippen LogP contribution is 2.15. The maximum atomic E-state index is 5.78. The van der Waals surface area contributed by atoms with Gasteiger partial charge >= 0.3 is 0 Å². The number of hydrogen-bond donors (Lipinski definition) is 1. The molecule has 18 heavy (non-hydrogen) atoms. The topological polar surface area (TPSA) is 34.4 Å². The normalized spacial score (nSPS) is 13.8. The molecule has 0 radical (unpaired) electrons. The molecule has 0 saturated carbocycles. The van der Waals surface area contributed by atoms with E-state index >= 15 is 0 Å². The van der Waals surface area contributed by atoms with Gasteiger partial charge in [-0.05, 0) is 40.2 Å². The molecule has 0 aliphatic heterocycles. The molecule has 0 spiro atoms. The van der Waals surface area contributed by atoms with E-state index in [1.165, 1.54) is 5.56 Å². The molecule has 1 unspecified atom stereocenters. The number of rotatable bonds is 7. The fourth-order valence-corrected chi connectivity index (χ4v) is 1.72. The fraction of sp³-hybridized carbons (Fsp3) is 0.733. The highest BCUT2D eigenvalue weighted by molar-refractivity contribution is 5.16. The molecule has 0 bridgehead atoms. The summed E-state index contributed by atoms with van der Waals surface area (Å²) in [6.07, 6.45) is 4.28. The van der Waals surface area contributed by atoms with E-state index in [2.05, 4.69) is 39.9 Å². The first-order chi connectivity index (χ1) is 8.42. The van der Waals surface area contributed by atoms with Gasteiger partial charge in [-0.2, -0.15) is 0 Å². The molecular weight excluding hydrogens is 226 g/mol. The second-order valence-electron chi connectivity index (χ2n) is 5.88. The summed E-state index contributed by atoms with van der Waals surface area (Å²) < 4.78 is 11.3. The van der Waals surface area contributed by atoms with Crippen LogP contribution in [0, 0.1) is 0 Å². The molecule has 1 rings (SSSR count). The summed E-state index contributed by atoms with van der Waals surface area (Å²) in [5.41, 5.74) is 1.30. The van der Waals surface area contributed by atoms with Gasteiger partial charge in [-0.1, -0.05) is 13.3 Å². The van der Waals surface area contributed by atoms with E-state index in [1.807, 2.05) is 6.07 Å². The monoisotopic (exact) mass is 253 g/mol. The standard InChI is InChI=1S/C15H27NO2/c1-6-7-12(2)18-11-14-13(8-9-17-14)10-16-15(3,4)5/h8-9,12,16H,6-7,10-11H2,1-5H3. The summed E-state index contributed by atoms with van der Waals surface area (Å²) in [5.74, 6) is 0.940. The Labute approximate surface area is 111 Å². The predicted octanol–water partition coefficient (Wildman–Crippen LogP) is 3.87. The average molecular weight is 253 g/mol. The lowest BCUT2D eigenvalue weighted by Gasteiger charge is -2.20. The van der Waals surface area contributed by atoms with Crippen LogP contribution in [0.3, 0.4) is 0 Å². The van der Waals surface area contributed by atoms with Crippen LogP contribution in [0.15, 0.2) is 16.7 Å². The lowest BCUT2D eigenvalue weighted by Crippen LogP contribution is -2.35. The molecular formula is C15H27NO2. The van der Waals surface area contributed by atoms with E-state index in [1.54, 1.807) is 6.26 Å². The van der Waals surface area contributed by atoms with Crippen LogP contribution in [0.4, 0.5) is 0 Å². The van der Waals surface area contributed by atoms with Gasteiger partial charge in [0.2, 0.25) is 0 Å². The average Bonchev–Trinajstić information content (AvgIpc) is 2.70. The van der Waals surface area contributed by atoms with Gasteiger partial charge in [-0.15, -0.1) is 0 Å². The molecule has 0 aliphatic rings. The third kappa shape index (κ3) is 5.69. The zero-order chi connectivity index (χ0) is 13.6. The third-order valence-corrected chi connectivity index (χ3v) is 2.84. The van der Waals surface area contributed by atoms with Gasteiger partial charge in [-0.25, -0.2) is 0 Å². The molecule has 0 amide bonds. The number of furan rings is 1. The Morgan fingerprint density at radius 1 is 1.39 bits per heavy atom. The van der Waals surface area contributed by atoms with Crippen LogP contribution in [0.1, 0.15) is 58.8 Å². The summed E-state index contributed by atoms with van der Waals surface area (Å²) in [5, 5.41) is 3.46. The van der Waals surface area contributed by atoms with E-state index < -0.39 is 0 Å². The van der Waals surface area contributed by atoms with Crippen LogP contribution in [0.2, 0.25) is 0 Å². The Kier molecular flexibility index (Phi) is 5.89. The van der Waals surface area contributed by atoms with Gasteiger partial charge < -0.3 is 14.5 Å². The molecule has 0 aromatic carbocycles. The predicted molar refractivity (Wildman–Crippen MR) is 74.5 cm³/mol. The molecule has 1 aromatic heterocycles. The van der Waals surface area contributed by atoms with Crippen molar-refractivity contribution in [3.63, 3.8) is 0 Å². The molecule has 0 fully saturated rings. The van der Waals surface area contributed by atoms with Gasteiger partial charge in [0.15, 0.2) is 0 Å². The van der Waals surface area contributed by atoms with Crippen molar-refractivity contribution in [3.05, 3.63) is 23.7 Å². The Morgan fingerprint density at radius 3 is 2.72 bits per heavy atom. The quantitative estimate of drug-likeness (QED) is 0.801. The van der Waals surface area contributed by atoms with Crippen molar-refractivity contribution >= 4 is 0 Å². The van der Waals surface area contributed by atoms with Crippen LogP contribution >= 0.6 is 0 Å². The molecule has 0 saturated heterocycles. The number of nitrogens with one attached hydrogen (secondary N) is 1. The molecule has 1 atom stereocenters. The second kappa shape index (κ2) is 6.95. The van der Waals surface area contributed by atoms with Gasteiger partial charge in [0.1, 0.15) is 12.4 Å². The minimum atomic E-state index is 0.116. The minimum absolute atomic E-state index is 0.116. The largest absolute Gasteiger partial charge is 0.467 e. The zero-order valence-electron chi connectivity index (χ0n) is 12.4. The van der Waals surface area contributed by atoms with Crippen molar-refractivity contribution in [3.8, 4) is 0 Å². The molecule has 104 valence electrons. The molecule has 1 aromatic rings. The van der Waals surface area contributed by atoms with Gasteiger partial charge in [-0.3, -0.25) is 0 Å². The lowest BCUT2D eigenvalue weighted by atomic mass is 10.1. The van der Waals surface area contributed by atoms with Crippen molar-refractivity contribution in [1.29, 1.82) is 0 Å². The van der Waals surface area contributed by atoms with Gasteiger partial charge in [0.25, 0.3) is 0 Å². The lowest BCUT2D eigenvalue weighted by molar-refractivity contribution is 0.0366. The van der Waals surface area contributed by atoms with Crippen LogP contribution in [0.5, 0.6) is 0 Å². The summed E-state index contributed by atoms with van der Waals surface area (Å²) >= 11 is 0. The van der Waals surface area contributed by atoms with Crippen LogP contribution in [-0.4, -0.2) is 11.6 Å². The maximum absolute atomic E-state index is 5.78. The Balaban J connectivity index is 2.44. The third-order valence-electron chi connectivity index (χ3n) is 2.84. The molecule has 1 heterocycles. The van der Waals surface area contributed by atoms with Crippen LogP contribution in [-0.2, 0) is 17.9 Å². The van der Waals surface area contributed by atoms with E-state index in [4.69, 9.17) is 9.15 Å². The van der Waals surface area contributed by atoms with Crippen molar-refractivity contribution in [2.45, 2.75) is 72.3 Å². The van der Waals surface area contributed by atoms with Gasteiger partial charge in [0, 0.05) is 17.6 Å². The summed E-state index contributed by atoms with van der Waals surface area (Å²) in [6, 6.07) is 2.02. The molecule has 0 aliphatic carbocycles. The first kappa shape index (κ1) is 15.3. The Bertz CT molecular complexity index is 339. The second-order valence-corrected chi connectivity index (χ2v) is 5.88. The zero-order valence-corrected chi connectivity index (χ0v) is 12.4. The highest BCUT2D eigenvalue weighted by Gasteiger charge is 2.13. The first-order valence-electron chi connectivity index (χ1n) is 6.84. The van der Waals surface area contributed by atoms with Crippen molar-refractivity contribution in [1.82, 2.24) is 5.32 Å². The number of hydrogen-bond acceptors (Lipinski definition) is 3. The summed E-state index contributed by atoms with van der Waals surface area (Å²) in [6.45, 7) is 12.1. The summed E-state index contributed by atoms with van der Waals surface area (Å²) in [7, 11) is 0. The first-order valence-corrected chi connectivity index (χ1v) is 6.84. The minimum Gasteiger partial charge on any atom is -0.467 e. The van der Waals surface area contributed by atoms with Crippen molar-refractivity contribution in [2.75, 3.05) is 0 Å². The fourth-order valence-electron chi connectivity index (χ4n) is 1.72. The molecule has 3 heteroatoms. The van der Waals surface area contributed by atoms with Crippen molar-refractivity contribution in [2.24, 2.45) is 0 Å². The Hall–Kier alpha value is -0.800. The van der Waals surface area contributed by atoms with E-state index in [0.29, 0.717) is 12.7 Å². The van der Waals surface area contributed by atoms with E-state index in [9.17, 15) is 0 Å². The van der Waals surface area contributed by atoms with E-state index in [0.717, 1.165) is 25.1 Å². The smallest absolute Gasteiger partial charge is 0.133 e. The Morgan fingerprint density at radius 2 is 2.11 bits per heavy atom.